The lowest BCUT2D eigenvalue weighted by Gasteiger charge is -2.10. The predicted octanol–water partition coefficient (Wildman–Crippen LogP) is -0.200. The molecule has 6 heteroatoms. The van der Waals surface area contributed by atoms with Crippen LogP contribution in [0.25, 0.3) is 0 Å². The quantitative estimate of drug-likeness (QED) is 0.642. The number of anilines is 2. The summed E-state index contributed by atoms with van der Waals surface area (Å²) in [6.45, 7) is 2.31. The SMILES string of the molecule is Nc1c(NCC2CCOC2)nc[nH]c1=O. The van der Waals surface area contributed by atoms with Crippen LogP contribution in [0.3, 0.4) is 0 Å². The zero-order valence-electron chi connectivity index (χ0n) is 8.32. The molecule has 1 fully saturated rings. The van der Waals surface area contributed by atoms with Gasteiger partial charge in [0.1, 0.15) is 5.69 Å². The monoisotopic (exact) mass is 210 g/mol. The molecule has 0 radical (unpaired) electrons. The second-order valence-corrected chi connectivity index (χ2v) is 3.60. The van der Waals surface area contributed by atoms with Gasteiger partial charge in [0.2, 0.25) is 0 Å². The van der Waals surface area contributed by atoms with Crippen molar-refractivity contribution < 1.29 is 4.74 Å². The van der Waals surface area contributed by atoms with E-state index in [0.717, 1.165) is 26.2 Å². The Kier molecular flexibility index (Phi) is 2.86. The maximum Gasteiger partial charge on any atom is 0.276 e. The maximum absolute atomic E-state index is 11.2. The van der Waals surface area contributed by atoms with Crippen molar-refractivity contribution in [2.45, 2.75) is 6.42 Å². The zero-order valence-corrected chi connectivity index (χ0v) is 8.32. The van der Waals surface area contributed by atoms with E-state index in [-0.39, 0.29) is 11.2 Å². The summed E-state index contributed by atoms with van der Waals surface area (Å²) in [7, 11) is 0. The molecule has 1 atom stereocenters. The molecule has 1 aromatic rings. The highest BCUT2D eigenvalue weighted by Crippen LogP contribution is 2.14. The molecule has 1 saturated heterocycles. The smallest absolute Gasteiger partial charge is 0.276 e. The third-order valence-corrected chi connectivity index (χ3v) is 2.47. The van der Waals surface area contributed by atoms with E-state index in [1.807, 2.05) is 0 Å². The van der Waals surface area contributed by atoms with Crippen molar-refractivity contribution in [2.75, 3.05) is 30.8 Å². The fourth-order valence-corrected chi connectivity index (χ4v) is 1.54. The molecule has 0 saturated carbocycles. The average molecular weight is 210 g/mol. The molecule has 82 valence electrons. The summed E-state index contributed by atoms with van der Waals surface area (Å²) in [6.07, 6.45) is 2.38. The number of ether oxygens (including phenoxy) is 1. The number of aromatic nitrogens is 2. The Hall–Kier alpha value is -1.56. The summed E-state index contributed by atoms with van der Waals surface area (Å²) < 4.78 is 5.24. The normalized spacial score (nSPS) is 20.4. The van der Waals surface area contributed by atoms with Crippen molar-refractivity contribution in [2.24, 2.45) is 5.92 Å². The minimum Gasteiger partial charge on any atom is -0.391 e. The summed E-state index contributed by atoms with van der Waals surface area (Å²) in [5, 5.41) is 3.06. The van der Waals surface area contributed by atoms with Crippen LogP contribution in [0.15, 0.2) is 11.1 Å². The first-order valence-corrected chi connectivity index (χ1v) is 4.92. The van der Waals surface area contributed by atoms with Crippen molar-refractivity contribution in [3.05, 3.63) is 16.7 Å². The first-order chi connectivity index (χ1) is 7.27. The molecule has 6 nitrogen and oxygen atoms in total. The Morgan fingerprint density at radius 1 is 1.73 bits per heavy atom. The van der Waals surface area contributed by atoms with Crippen LogP contribution >= 0.6 is 0 Å². The van der Waals surface area contributed by atoms with E-state index in [1.54, 1.807) is 0 Å². The highest BCUT2D eigenvalue weighted by atomic mass is 16.5. The molecule has 1 unspecified atom stereocenters. The lowest BCUT2D eigenvalue weighted by atomic mass is 10.1. The van der Waals surface area contributed by atoms with Gasteiger partial charge in [-0.25, -0.2) is 4.98 Å². The number of nitrogen functional groups attached to an aromatic ring is 1. The van der Waals surface area contributed by atoms with Gasteiger partial charge >= 0.3 is 0 Å². The fraction of sp³-hybridized carbons (Fsp3) is 0.556. The molecule has 0 bridgehead atoms. The zero-order chi connectivity index (χ0) is 10.7. The van der Waals surface area contributed by atoms with Gasteiger partial charge in [-0.05, 0) is 6.42 Å². The van der Waals surface area contributed by atoms with E-state index in [0.29, 0.717) is 11.7 Å². The van der Waals surface area contributed by atoms with E-state index in [9.17, 15) is 4.79 Å². The van der Waals surface area contributed by atoms with Gasteiger partial charge in [0.15, 0.2) is 5.82 Å². The fourth-order valence-electron chi connectivity index (χ4n) is 1.54. The van der Waals surface area contributed by atoms with Crippen molar-refractivity contribution in [1.29, 1.82) is 0 Å². The molecule has 0 aromatic carbocycles. The lowest BCUT2D eigenvalue weighted by Crippen LogP contribution is -2.20. The molecule has 15 heavy (non-hydrogen) atoms. The van der Waals surface area contributed by atoms with E-state index in [2.05, 4.69) is 15.3 Å². The number of hydrogen-bond donors (Lipinski definition) is 3. The summed E-state index contributed by atoms with van der Waals surface area (Å²) in [5.74, 6) is 0.927. The van der Waals surface area contributed by atoms with E-state index in [1.165, 1.54) is 6.33 Å². The van der Waals surface area contributed by atoms with Gasteiger partial charge in [0, 0.05) is 19.1 Å². The van der Waals surface area contributed by atoms with E-state index < -0.39 is 0 Å². The largest absolute Gasteiger partial charge is 0.391 e. The van der Waals surface area contributed by atoms with Crippen LogP contribution in [-0.4, -0.2) is 29.7 Å². The van der Waals surface area contributed by atoms with Gasteiger partial charge < -0.3 is 20.8 Å². The number of hydrogen-bond acceptors (Lipinski definition) is 5. The Morgan fingerprint density at radius 3 is 3.33 bits per heavy atom. The Labute approximate surface area is 86.9 Å². The van der Waals surface area contributed by atoms with Gasteiger partial charge in [-0.1, -0.05) is 0 Å². The molecule has 0 spiro atoms. The molecule has 0 aliphatic carbocycles. The number of aromatic amines is 1. The van der Waals surface area contributed by atoms with Gasteiger partial charge in [0.25, 0.3) is 5.56 Å². The third-order valence-electron chi connectivity index (χ3n) is 2.47. The highest BCUT2D eigenvalue weighted by Gasteiger charge is 2.15. The van der Waals surface area contributed by atoms with Crippen molar-refractivity contribution in [3.8, 4) is 0 Å². The summed E-state index contributed by atoms with van der Waals surface area (Å²) in [5.41, 5.74) is 5.39. The number of nitrogens with one attached hydrogen (secondary N) is 2. The average Bonchev–Trinajstić information content (AvgIpc) is 2.73. The van der Waals surface area contributed by atoms with Crippen LogP contribution in [0.4, 0.5) is 11.5 Å². The Balaban J connectivity index is 1.98. The molecule has 1 aromatic heterocycles. The lowest BCUT2D eigenvalue weighted by molar-refractivity contribution is 0.187. The van der Waals surface area contributed by atoms with Crippen LogP contribution in [0.1, 0.15) is 6.42 Å². The molecular formula is C9H14N4O2. The summed E-state index contributed by atoms with van der Waals surface area (Å²) in [6, 6.07) is 0. The summed E-state index contributed by atoms with van der Waals surface area (Å²) >= 11 is 0. The van der Waals surface area contributed by atoms with Gasteiger partial charge in [-0.15, -0.1) is 0 Å². The predicted molar refractivity (Wildman–Crippen MR) is 56.7 cm³/mol. The van der Waals surface area contributed by atoms with Crippen LogP contribution in [0.5, 0.6) is 0 Å². The summed E-state index contributed by atoms with van der Waals surface area (Å²) in [4.78, 5) is 17.5. The number of nitrogens with two attached hydrogens (primary N) is 1. The van der Waals surface area contributed by atoms with Gasteiger partial charge in [-0.2, -0.15) is 0 Å². The number of rotatable bonds is 3. The molecule has 1 aliphatic heterocycles. The van der Waals surface area contributed by atoms with E-state index in [4.69, 9.17) is 10.5 Å². The standard InChI is InChI=1S/C9H14N4O2/c10-7-8(12-5-13-9(7)14)11-3-6-1-2-15-4-6/h5-6H,1-4,10H2,(H2,11,12,13,14). The molecule has 2 rings (SSSR count). The number of H-pyrrole nitrogens is 1. The molecular weight excluding hydrogens is 196 g/mol. The molecule has 1 aliphatic rings. The van der Waals surface area contributed by atoms with Crippen LogP contribution in [-0.2, 0) is 4.74 Å². The van der Waals surface area contributed by atoms with Crippen molar-refractivity contribution in [1.82, 2.24) is 9.97 Å². The molecule has 2 heterocycles. The second kappa shape index (κ2) is 4.31. The van der Waals surface area contributed by atoms with Crippen molar-refractivity contribution >= 4 is 11.5 Å². The molecule has 0 amide bonds. The van der Waals surface area contributed by atoms with Crippen LogP contribution in [0, 0.1) is 5.92 Å². The molecule has 4 N–H and O–H groups in total. The van der Waals surface area contributed by atoms with Crippen LogP contribution in [0.2, 0.25) is 0 Å². The van der Waals surface area contributed by atoms with Crippen LogP contribution < -0.4 is 16.6 Å². The topological polar surface area (TPSA) is 93.0 Å². The highest BCUT2D eigenvalue weighted by molar-refractivity contribution is 5.58. The minimum absolute atomic E-state index is 0.136. The Morgan fingerprint density at radius 2 is 2.60 bits per heavy atom. The van der Waals surface area contributed by atoms with E-state index >= 15 is 0 Å². The minimum atomic E-state index is -0.310. The van der Waals surface area contributed by atoms with Gasteiger partial charge in [0.05, 0.1) is 12.9 Å². The maximum atomic E-state index is 11.2. The van der Waals surface area contributed by atoms with Gasteiger partial charge in [-0.3, -0.25) is 4.79 Å². The van der Waals surface area contributed by atoms with Crippen molar-refractivity contribution in [3.63, 3.8) is 0 Å². The number of nitrogens with zero attached hydrogens (tertiary/aromatic N) is 1. The second-order valence-electron chi connectivity index (χ2n) is 3.60. The Bertz CT molecular complexity index is 384. The third kappa shape index (κ3) is 2.27. The first-order valence-electron chi connectivity index (χ1n) is 4.92. The first kappa shape index (κ1) is 9.97.